The number of nitrogens with two attached hydrogens (primary N) is 2. The van der Waals surface area contributed by atoms with Crippen LogP contribution in [0.2, 0.25) is 0 Å². The van der Waals surface area contributed by atoms with Crippen LogP contribution in [0.25, 0.3) is 0 Å². The van der Waals surface area contributed by atoms with Crippen molar-refractivity contribution in [1.29, 1.82) is 0 Å². The second kappa shape index (κ2) is 4.38. The summed E-state index contributed by atoms with van der Waals surface area (Å²) in [4.78, 5) is 10.8. The molecule has 0 saturated heterocycles. The zero-order valence-corrected chi connectivity index (χ0v) is 6.08. The molecule has 0 aliphatic heterocycles. The van der Waals surface area contributed by atoms with Gasteiger partial charge in [-0.3, -0.25) is 4.79 Å². The Labute approximate surface area is 60.2 Å². The Morgan fingerprint density at radius 2 is 2.20 bits per heavy atom. The Morgan fingerprint density at radius 1 is 1.70 bits per heavy atom. The summed E-state index contributed by atoms with van der Waals surface area (Å²) in [6, 6.07) is -0.774. The number of ketones is 1. The summed E-state index contributed by atoms with van der Waals surface area (Å²) in [6.45, 7) is 1.78. The SMILES string of the molecule is CC(O)[C@H](N)C(=O)CCN. The van der Waals surface area contributed by atoms with Gasteiger partial charge >= 0.3 is 0 Å². The first kappa shape index (κ1) is 9.55. The maximum atomic E-state index is 10.8. The second-order valence-corrected chi connectivity index (χ2v) is 2.27. The van der Waals surface area contributed by atoms with E-state index in [1.807, 2.05) is 0 Å². The highest BCUT2D eigenvalue weighted by molar-refractivity contribution is 5.84. The summed E-state index contributed by atoms with van der Waals surface area (Å²) in [5.41, 5.74) is 10.4. The van der Waals surface area contributed by atoms with Crippen molar-refractivity contribution in [3.63, 3.8) is 0 Å². The van der Waals surface area contributed by atoms with Crippen molar-refractivity contribution in [1.82, 2.24) is 0 Å². The molecule has 60 valence electrons. The number of carbonyl (C=O) groups excluding carboxylic acids is 1. The van der Waals surface area contributed by atoms with Crippen molar-refractivity contribution in [2.75, 3.05) is 6.54 Å². The molecule has 0 heterocycles. The molecule has 1 unspecified atom stereocenters. The molecule has 0 aromatic heterocycles. The fraction of sp³-hybridized carbons (Fsp3) is 0.833. The minimum Gasteiger partial charge on any atom is -0.391 e. The maximum absolute atomic E-state index is 10.8. The van der Waals surface area contributed by atoms with E-state index in [0.717, 1.165) is 0 Å². The summed E-state index contributed by atoms with van der Waals surface area (Å²) in [6.07, 6.45) is -0.537. The maximum Gasteiger partial charge on any atom is 0.153 e. The van der Waals surface area contributed by atoms with Crippen LogP contribution in [-0.4, -0.2) is 29.6 Å². The van der Waals surface area contributed by atoms with Crippen LogP contribution < -0.4 is 11.5 Å². The number of hydrogen-bond acceptors (Lipinski definition) is 4. The zero-order valence-electron chi connectivity index (χ0n) is 6.08. The lowest BCUT2D eigenvalue weighted by Crippen LogP contribution is -2.40. The summed E-state index contributed by atoms with van der Waals surface area (Å²) in [5.74, 6) is -0.183. The van der Waals surface area contributed by atoms with Crippen LogP contribution in [0.3, 0.4) is 0 Å². The average molecular weight is 146 g/mol. The lowest BCUT2D eigenvalue weighted by molar-refractivity contribution is -0.122. The van der Waals surface area contributed by atoms with E-state index in [4.69, 9.17) is 16.6 Å². The molecule has 10 heavy (non-hydrogen) atoms. The highest BCUT2D eigenvalue weighted by atomic mass is 16.3. The van der Waals surface area contributed by atoms with Gasteiger partial charge in [-0.15, -0.1) is 0 Å². The van der Waals surface area contributed by atoms with Crippen molar-refractivity contribution in [2.45, 2.75) is 25.5 Å². The molecule has 0 aromatic rings. The van der Waals surface area contributed by atoms with Gasteiger partial charge in [-0.2, -0.15) is 0 Å². The number of carbonyl (C=O) groups is 1. The van der Waals surface area contributed by atoms with Gasteiger partial charge in [0.15, 0.2) is 5.78 Å². The fourth-order valence-electron chi connectivity index (χ4n) is 0.578. The van der Waals surface area contributed by atoms with E-state index < -0.39 is 12.1 Å². The van der Waals surface area contributed by atoms with Crippen LogP contribution in [0, 0.1) is 0 Å². The van der Waals surface area contributed by atoms with Crippen molar-refractivity contribution >= 4 is 5.78 Å². The van der Waals surface area contributed by atoms with Crippen molar-refractivity contribution in [3.8, 4) is 0 Å². The molecule has 0 aliphatic rings. The molecule has 0 amide bonds. The van der Waals surface area contributed by atoms with E-state index >= 15 is 0 Å². The number of hydrogen-bond donors (Lipinski definition) is 3. The van der Waals surface area contributed by atoms with E-state index in [-0.39, 0.29) is 12.2 Å². The molecule has 0 aliphatic carbocycles. The number of aliphatic hydroxyl groups excluding tert-OH is 1. The van der Waals surface area contributed by atoms with Gasteiger partial charge in [0.05, 0.1) is 12.1 Å². The van der Waals surface area contributed by atoms with E-state index in [1.54, 1.807) is 0 Å². The molecular weight excluding hydrogens is 132 g/mol. The predicted octanol–water partition coefficient (Wildman–Crippen LogP) is -1.39. The van der Waals surface area contributed by atoms with E-state index in [1.165, 1.54) is 6.92 Å². The Kier molecular flexibility index (Phi) is 4.18. The van der Waals surface area contributed by atoms with Crippen LogP contribution in [0.5, 0.6) is 0 Å². The quantitative estimate of drug-likeness (QED) is 0.455. The molecule has 0 spiro atoms. The third kappa shape index (κ3) is 2.91. The molecule has 0 bridgehead atoms. The molecule has 4 nitrogen and oxygen atoms in total. The monoisotopic (exact) mass is 146 g/mol. The predicted molar refractivity (Wildman–Crippen MR) is 38.3 cm³/mol. The zero-order chi connectivity index (χ0) is 8.15. The second-order valence-electron chi connectivity index (χ2n) is 2.27. The van der Waals surface area contributed by atoms with Crippen LogP contribution in [0.15, 0.2) is 0 Å². The number of rotatable bonds is 4. The molecule has 0 saturated carbocycles. The van der Waals surface area contributed by atoms with Crippen LogP contribution >= 0.6 is 0 Å². The van der Waals surface area contributed by atoms with Crippen molar-refractivity contribution in [2.24, 2.45) is 11.5 Å². The normalized spacial score (nSPS) is 16.4. The van der Waals surface area contributed by atoms with E-state index in [9.17, 15) is 4.79 Å². The Morgan fingerprint density at radius 3 is 2.50 bits per heavy atom. The molecule has 0 radical (unpaired) electrons. The van der Waals surface area contributed by atoms with E-state index in [0.29, 0.717) is 6.54 Å². The molecule has 5 N–H and O–H groups in total. The fourth-order valence-corrected chi connectivity index (χ4v) is 0.578. The summed E-state index contributed by atoms with van der Waals surface area (Å²) in [5, 5.41) is 8.83. The summed E-state index contributed by atoms with van der Waals surface area (Å²) < 4.78 is 0. The van der Waals surface area contributed by atoms with Gasteiger partial charge < -0.3 is 16.6 Å². The van der Waals surface area contributed by atoms with Crippen molar-refractivity contribution < 1.29 is 9.90 Å². The van der Waals surface area contributed by atoms with Crippen molar-refractivity contribution in [3.05, 3.63) is 0 Å². The largest absolute Gasteiger partial charge is 0.391 e. The molecule has 0 rings (SSSR count). The molecule has 2 atom stereocenters. The lowest BCUT2D eigenvalue weighted by atomic mass is 10.1. The van der Waals surface area contributed by atoms with Gasteiger partial charge in [0.2, 0.25) is 0 Å². The average Bonchev–Trinajstić information content (AvgIpc) is 1.87. The van der Waals surface area contributed by atoms with Crippen LogP contribution in [0.4, 0.5) is 0 Å². The molecule has 0 fully saturated rings. The van der Waals surface area contributed by atoms with Crippen LogP contribution in [0.1, 0.15) is 13.3 Å². The lowest BCUT2D eigenvalue weighted by Gasteiger charge is -2.11. The number of aliphatic hydroxyl groups is 1. The van der Waals surface area contributed by atoms with Gasteiger partial charge in [-0.25, -0.2) is 0 Å². The minimum absolute atomic E-state index is 0.183. The standard InChI is InChI=1S/C6H14N2O2/c1-4(9)6(8)5(10)2-3-7/h4,6,9H,2-3,7-8H2,1H3/t4?,6-/m0/s1. The molecule has 4 heteroatoms. The number of Topliss-reactive ketones (excluding diaryl/α,β-unsaturated/α-hetero) is 1. The van der Waals surface area contributed by atoms with Gasteiger partial charge in [0.1, 0.15) is 0 Å². The van der Waals surface area contributed by atoms with E-state index in [2.05, 4.69) is 0 Å². The first-order valence-electron chi connectivity index (χ1n) is 3.26. The first-order valence-corrected chi connectivity index (χ1v) is 3.26. The Balaban J connectivity index is 3.71. The third-order valence-electron chi connectivity index (χ3n) is 1.28. The topological polar surface area (TPSA) is 89.3 Å². The van der Waals surface area contributed by atoms with Crippen LogP contribution in [-0.2, 0) is 4.79 Å². The first-order chi connectivity index (χ1) is 4.59. The molecule has 0 aromatic carbocycles. The summed E-state index contributed by atoms with van der Waals surface area (Å²) >= 11 is 0. The minimum atomic E-state index is -0.779. The Bertz CT molecular complexity index is 114. The Hall–Kier alpha value is -0.450. The van der Waals surface area contributed by atoms with Gasteiger partial charge in [-0.1, -0.05) is 0 Å². The molecular formula is C6H14N2O2. The van der Waals surface area contributed by atoms with Gasteiger partial charge in [-0.05, 0) is 13.5 Å². The van der Waals surface area contributed by atoms with Gasteiger partial charge in [0.25, 0.3) is 0 Å². The highest BCUT2D eigenvalue weighted by Gasteiger charge is 2.16. The highest BCUT2D eigenvalue weighted by Crippen LogP contribution is 1.92. The smallest absolute Gasteiger partial charge is 0.153 e. The third-order valence-corrected chi connectivity index (χ3v) is 1.28. The van der Waals surface area contributed by atoms with Gasteiger partial charge in [0, 0.05) is 6.42 Å². The summed E-state index contributed by atoms with van der Waals surface area (Å²) in [7, 11) is 0.